The number of anilines is 1. The molecule has 0 aliphatic rings. The highest BCUT2D eigenvalue weighted by atomic mass is 79.9. The molecule has 0 saturated carbocycles. The fraction of sp³-hybridized carbons (Fsp3) is 0.154. The van der Waals surface area contributed by atoms with E-state index < -0.39 is 0 Å². The molecule has 5 heteroatoms. The number of carbonyl (C=O) groups is 1. The van der Waals surface area contributed by atoms with Crippen molar-refractivity contribution in [3.8, 4) is 0 Å². The average Bonchev–Trinajstić information content (AvgIpc) is 2.40. The van der Waals surface area contributed by atoms with E-state index >= 15 is 0 Å². The molecule has 0 aliphatic carbocycles. The molecule has 2 aromatic rings. The zero-order chi connectivity index (χ0) is 12.8. The molecule has 0 radical (unpaired) electrons. The quantitative estimate of drug-likeness (QED) is 0.945. The van der Waals surface area contributed by atoms with Crippen LogP contribution in [0, 0.1) is 0 Å². The zero-order valence-corrected chi connectivity index (χ0v) is 11.2. The first-order chi connectivity index (χ1) is 8.74. The Hall–Kier alpha value is -1.75. The molecule has 0 atom stereocenters. The number of halogens is 1. The highest BCUT2D eigenvalue weighted by Crippen LogP contribution is 2.07. The Morgan fingerprint density at radius 2 is 1.94 bits per heavy atom. The van der Waals surface area contributed by atoms with Crippen LogP contribution in [0.5, 0.6) is 0 Å². The number of amides is 1. The van der Waals surface area contributed by atoms with Crippen molar-refractivity contribution in [2.24, 2.45) is 0 Å². The van der Waals surface area contributed by atoms with Crippen molar-refractivity contribution in [2.45, 2.75) is 12.8 Å². The van der Waals surface area contributed by atoms with Crippen LogP contribution in [0.2, 0.25) is 0 Å². The lowest BCUT2D eigenvalue weighted by Crippen LogP contribution is -2.13. The van der Waals surface area contributed by atoms with E-state index in [1.54, 1.807) is 6.20 Å². The second-order valence-corrected chi connectivity index (χ2v) is 4.57. The molecule has 18 heavy (non-hydrogen) atoms. The van der Waals surface area contributed by atoms with E-state index in [1.807, 2.05) is 30.3 Å². The van der Waals surface area contributed by atoms with Gasteiger partial charge in [-0.3, -0.25) is 4.79 Å². The lowest BCUT2D eigenvalue weighted by molar-refractivity contribution is -0.116. The number of hydrogen-bond donors (Lipinski definition) is 1. The summed E-state index contributed by atoms with van der Waals surface area (Å²) >= 11 is 3.19. The standard InChI is InChI=1S/C13H12BrN3O/c14-11-8-16-12(9-15-11)17-13(18)7-6-10-4-2-1-3-5-10/h1-5,8-9H,6-7H2,(H,16,17,18). The Bertz CT molecular complexity index is 514. The van der Waals surface area contributed by atoms with E-state index in [1.165, 1.54) is 6.20 Å². The van der Waals surface area contributed by atoms with Crippen molar-refractivity contribution in [3.05, 3.63) is 52.9 Å². The van der Waals surface area contributed by atoms with E-state index in [2.05, 4.69) is 31.2 Å². The first kappa shape index (κ1) is 12.7. The molecule has 92 valence electrons. The summed E-state index contributed by atoms with van der Waals surface area (Å²) in [6, 6.07) is 9.90. The van der Waals surface area contributed by atoms with Crippen LogP contribution in [0.1, 0.15) is 12.0 Å². The van der Waals surface area contributed by atoms with Crippen LogP contribution >= 0.6 is 15.9 Å². The van der Waals surface area contributed by atoms with Gasteiger partial charge in [-0.25, -0.2) is 9.97 Å². The molecule has 1 N–H and O–H groups in total. The SMILES string of the molecule is O=C(CCc1ccccc1)Nc1cnc(Br)cn1. The summed E-state index contributed by atoms with van der Waals surface area (Å²) in [6.45, 7) is 0. The summed E-state index contributed by atoms with van der Waals surface area (Å²) < 4.78 is 0.643. The van der Waals surface area contributed by atoms with E-state index in [0.29, 0.717) is 16.8 Å². The van der Waals surface area contributed by atoms with Crippen LogP contribution in [0.4, 0.5) is 5.82 Å². The van der Waals surface area contributed by atoms with Crippen LogP contribution in [-0.2, 0) is 11.2 Å². The van der Waals surface area contributed by atoms with Crippen LogP contribution in [0.15, 0.2) is 47.3 Å². The van der Waals surface area contributed by atoms with Crippen LogP contribution in [0.3, 0.4) is 0 Å². The van der Waals surface area contributed by atoms with Crippen molar-refractivity contribution < 1.29 is 4.79 Å². The molecule has 2 rings (SSSR count). The van der Waals surface area contributed by atoms with Crippen LogP contribution < -0.4 is 5.32 Å². The van der Waals surface area contributed by atoms with Gasteiger partial charge in [0.25, 0.3) is 0 Å². The lowest BCUT2D eigenvalue weighted by Gasteiger charge is -2.04. The van der Waals surface area contributed by atoms with Gasteiger partial charge in [-0.2, -0.15) is 0 Å². The Balaban J connectivity index is 1.84. The topological polar surface area (TPSA) is 54.9 Å². The van der Waals surface area contributed by atoms with Gasteiger partial charge in [-0.15, -0.1) is 0 Å². The van der Waals surface area contributed by atoms with Crippen LogP contribution in [-0.4, -0.2) is 15.9 Å². The summed E-state index contributed by atoms with van der Waals surface area (Å²) in [5, 5.41) is 2.71. The van der Waals surface area contributed by atoms with Gasteiger partial charge < -0.3 is 5.32 Å². The predicted octanol–water partition coefficient (Wildman–Crippen LogP) is 2.81. The largest absolute Gasteiger partial charge is 0.309 e. The summed E-state index contributed by atoms with van der Waals surface area (Å²) in [4.78, 5) is 19.7. The van der Waals surface area contributed by atoms with Gasteiger partial charge in [0.1, 0.15) is 4.60 Å². The maximum absolute atomic E-state index is 11.7. The molecule has 0 bridgehead atoms. The number of aromatic nitrogens is 2. The fourth-order valence-electron chi connectivity index (χ4n) is 1.48. The van der Waals surface area contributed by atoms with Gasteiger partial charge in [0.2, 0.25) is 5.91 Å². The number of nitrogens with zero attached hydrogens (tertiary/aromatic N) is 2. The number of benzene rings is 1. The third-order valence-corrected chi connectivity index (χ3v) is 2.78. The van der Waals surface area contributed by atoms with Gasteiger partial charge in [-0.1, -0.05) is 30.3 Å². The Labute approximate surface area is 114 Å². The van der Waals surface area contributed by atoms with E-state index in [0.717, 1.165) is 12.0 Å². The van der Waals surface area contributed by atoms with E-state index in [9.17, 15) is 4.79 Å². The molecular weight excluding hydrogens is 294 g/mol. The Kier molecular flexibility index (Phi) is 4.41. The molecule has 1 aromatic heterocycles. The first-order valence-corrected chi connectivity index (χ1v) is 6.34. The molecule has 1 aromatic carbocycles. The average molecular weight is 306 g/mol. The van der Waals surface area contributed by atoms with Gasteiger partial charge in [0.05, 0.1) is 12.4 Å². The molecule has 4 nitrogen and oxygen atoms in total. The molecule has 0 aliphatic heterocycles. The number of rotatable bonds is 4. The fourth-order valence-corrected chi connectivity index (χ4v) is 1.69. The molecule has 1 heterocycles. The normalized spacial score (nSPS) is 10.1. The molecule has 1 amide bonds. The van der Waals surface area contributed by atoms with Crippen molar-refractivity contribution in [1.29, 1.82) is 0 Å². The lowest BCUT2D eigenvalue weighted by atomic mass is 10.1. The van der Waals surface area contributed by atoms with Gasteiger partial charge >= 0.3 is 0 Å². The van der Waals surface area contributed by atoms with Crippen LogP contribution in [0.25, 0.3) is 0 Å². The predicted molar refractivity (Wildman–Crippen MR) is 73.1 cm³/mol. The molecule has 0 fully saturated rings. The summed E-state index contributed by atoms with van der Waals surface area (Å²) in [6.07, 6.45) is 4.22. The highest BCUT2D eigenvalue weighted by Gasteiger charge is 2.04. The maximum atomic E-state index is 11.7. The maximum Gasteiger partial charge on any atom is 0.225 e. The van der Waals surface area contributed by atoms with Crippen molar-refractivity contribution >= 4 is 27.7 Å². The Morgan fingerprint density at radius 1 is 1.17 bits per heavy atom. The number of hydrogen-bond acceptors (Lipinski definition) is 3. The third kappa shape index (κ3) is 3.92. The minimum Gasteiger partial charge on any atom is -0.309 e. The van der Waals surface area contributed by atoms with Gasteiger partial charge in [-0.05, 0) is 27.9 Å². The summed E-state index contributed by atoms with van der Waals surface area (Å²) in [7, 11) is 0. The minimum atomic E-state index is -0.0597. The summed E-state index contributed by atoms with van der Waals surface area (Å²) in [5.74, 6) is 0.409. The number of nitrogens with one attached hydrogen (secondary N) is 1. The van der Waals surface area contributed by atoms with Gasteiger partial charge in [0.15, 0.2) is 5.82 Å². The second kappa shape index (κ2) is 6.26. The van der Waals surface area contributed by atoms with E-state index in [4.69, 9.17) is 0 Å². The molecule has 0 spiro atoms. The number of carbonyl (C=O) groups excluding carboxylic acids is 1. The second-order valence-electron chi connectivity index (χ2n) is 3.76. The minimum absolute atomic E-state index is 0.0597. The molecular formula is C13H12BrN3O. The van der Waals surface area contributed by atoms with Crippen molar-refractivity contribution in [2.75, 3.05) is 5.32 Å². The van der Waals surface area contributed by atoms with Crippen molar-refractivity contribution in [1.82, 2.24) is 9.97 Å². The third-order valence-electron chi connectivity index (χ3n) is 2.37. The van der Waals surface area contributed by atoms with E-state index in [-0.39, 0.29) is 5.91 Å². The summed E-state index contributed by atoms with van der Waals surface area (Å²) in [5.41, 5.74) is 1.15. The Morgan fingerprint density at radius 3 is 2.61 bits per heavy atom. The number of aryl methyl sites for hydroxylation is 1. The molecule has 0 saturated heterocycles. The van der Waals surface area contributed by atoms with Crippen molar-refractivity contribution in [3.63, 3.8) is 0 Å². The molecule has 0 unspecified atom stereocenters. The smallest absolute Gasteiger partial charge is 0.225 e. The zero-order valence-electron chi connectivity index (χ0n) is 9.64. The first-order valence-electron chi connectivity index (χ1n) is 5.55. The van der Waals surface area contributed by atoms with Gasteiger partial charge in [0, 0.05) is 6.42 Å². The highest BCUT2D eigenvalue weighted by molar-refractivity contribution is 9.10. The monoisotopic (exact) mass is 305 g/mol.